The Bertz CT molecular complexity index is 1070. The molecule has 0 aromatic heterocycles. The second-order valence-corrected chi connectivity index (χ2v) is 20.0. The van der Waals surface area contributed by atoms with E-state index in [1.54, 1.807) is 7.02 Å². The van der Waals surface area contributed by atoms with E-state index >= 15 is 0 Å². The molecule has 0 N–H and O–H groups in total. The molecule has 0 spiro atoms. The number of hydrogen-bond acceptors (Lipinski definition) is 0. The predicted octanol–water partition coefficient (Wildman–Crippen LogP) is 2.72. The number of rotatable bonds is 6. The fraction of sp³-hybridized carbons (Fsp3) is 0. The molecule has 5 rings (SSSR count). The van der Waals surface area contributed by atoms with Crippen LogP contribution < -0.4 is 21.1 Å². The molecule has 0 aliphatic heterocycles. The van der Waals surface area contributed by atoms with Crippen LogP contribution in [0.1, 0.15) is 0 Å². The minimum atomic E-state index is -2.19. The average molecular weight is 628 g/mol. The SMILES string of the molecule is c1cc[c]([Sb]([c]2ccccc2)[c]2cccc[c]2[Sb]([c]2ccccc2)[c]2ccccc2)cc1. The maximum atomic E-state index is 2.43. The van der Waals surface area contributed by atoms with Crippen LogP contribution in [0.3, 0.4) is 0 Å². The Morgan fingerprint density at radius 2 is 0.469 bits per heavy atom. The van der Waals surface area contributed by atoms with E-state index in [9.17, 15) is 0 Å². The van der Waals surface area contributed by atoms with E-state index in [4.69, 9.17) is 0 Å². The molecule has 0 atom stereocenters. The van der Waals surface area contributed by atoms with Crippen molar-refractivity contribution in [3.63, 3.8) is 0 Å². The topological polar surface area (TPSA) is 0 Å². The Balaban J connectivity index is 1.74. The Hall–Kier alpha value is -2.26. The van der Waals surface area contributed by atoms with Gasteiger partial charge in [-0.05, 0) is 0 Å². The van der Waals surface area contributed by atoms with Gasteiger partial charge in [0.05, 0.1) is 0 Å². The fourth-order valence-corrected chi connectivity index (χ4v) is 21.2. The normalized spacial score (nSPS) is 11.1. The van der Waals surface area contributed by atoms with Crippen molar-refractivity contribution in [3.8, 4) is 0 Å². The summed E-state index contributed by atoms with van der Waals surface area (Å²) in [7, 11) is 0. The average Bonchev–Trinajstić information content (AvgIpc) is 2.88. The summed E-state index contributed by atoms with van der Waals surface area (Å²) in [6.07, 6.45) is 0. The van der Waals surface area contributed by atoms with Gasteiger partial charge in [-0.25, -0.2) is 0 Å². The quantitative estimate of drug-likeness (QED) is 0.254. The van der Waals surface area contributed by atoms with E-state index in [1.165, 1.54) is 14.0 Å². The summed E-state index contributed by atoms with van der Waals surface area (Å²) < 4.78 is 9.32. The summed E-state index contributed by atoms with van der Waals surface area (Å²) in [6, 6.07) is 54.3. The summed E-state index contributed by atoms with van der Waals surface area (Å²) in [5.41, 5.74) is 0. The molecule has 5 aromatic carbocycles. The van der Waals surface area contributed by atoms with Gasteiger partial charge in [-0.1, -0.05) is 0 Å². The number of benzene rings is 5. The zero-order valence-corrected chi connectivity index (χ0v) is 22.9. The monoisotopic (exact) mass is 626 g/mol. The van der Waals surface area contributed by atoms with Gasteiger partial charge < -0.3 is 0 Å². The first-order valence-electron chi connectivity index (χ1n) is 10.8. The molecule has 5 aromatic rings. The molecular weight excluding hydrogens is 604 g/mol. The Morgan fingerprint density at radius 3 is 0.719 bits per heavy atom. The minimum absolute atomic E-state index is 1.52. The summed E-state index contributed by atoms with van der Waals surface area (Å²) in [5.74, 6) is 0. The van der Waals surface area contributed by atoms with Crippen molar-refractivity contribution in [2.24, 2.45) is 0 Å². The molecular formula is C30H24Sb2. The van der Waals surface area contributed by atoms with Gasteiger partial charge in [0.25, 0.3) is 0 Å². The van der Waals surface area contributed by atoms with Crippen LogP contribution in [0.5, 0.6) is 0 Å². The van der Waals surface area contributed by atoms with Gasteiger partial charge >= 0.3 is 207 Å². The van der Waals surface area contributed by atoms with Gasteiger partial charge in [0.1, 0.15) is 0 Å². The third-order valence-corrected chi connectivity index (χ3v) is 21.3. The molecule has 0 unspecified atom stereocenters. The third kappa shape index (κ3) is 4.73. The van der Waals surface area contributed by atoms with Crippen molar-refractivity contribution >= 4 is 61.5 Å². The second kappa shape index (κ2) is 10.6. The molecule has 0 amide bonds. The van der Waals surface area contributed by atoms with Gasteiger partial charge in [0, 0.05) is 0 Å². The van der Waals surface area contributed by atoms with Crippen molar-refractivity contribution in [3.05, 3.63) is 146 Å². The molecule has 0 bridgehead atoms. The Morgan fingerprint density at radius 1 is 0.250 bits per heavy atom. The third-order valence-electron chi connectivity index (χ3n) is 5.42. The second-order valence-electron chi connectivity index (χ2n) is 7.50. The molecule has 0 radical (unpaired) electrons. The van der Waals surface area contributed by atoms with Gasteiger partial charge in [-0.15, -0.1) is 0 Å². The first kappa shape index (κ1) is 21.6. The first-order chi connectivity index (χ1) is 15.9. The van der Waals surface area contributed by atoms with Crippen molar-refractivity contribution in [2.45, 2.75) is 0 Å². The molecule has 154 valence electrons. The predicted molar refractivity (Wildman–Crippen MR) is 142 cm³/mol. The van der Waals surface area contributed by atoms with Crippen molar-refractivity contribution in [2.75, 3.05) is 0 Å². The molecule has 0 heterocycles. The molecule has 0 saturated carbocycles. The van der Waals surface area contributed by atoms with Crippen molar-refractivity contribution < 1.29 is 0 Å². The zero-order chi connectivity index (χ0) is 21.6. The van der Waals surface area contributed by atoms with E-state index < -0.39 is 40.4 Å². The van der Waals surface area contributed by atoms with E-state index in [0.717, 1.165) is 0 Å². The first-order valence-corrected chi connectivity index (χ1v) is 18.5. The van der Waals surface area contributed by atoms with Gasteiger partial charge in [0.2, 0.25) is 0 Å². The molecule has 0 fully saturated rings. The van der Waals surface area contributed by atoms with E-state index in [2.05, 4.69) is 146 Å². The van der Waals surface area contributed by atoms with Crippen molar-refractivity contribution in [1.82, 2.24) is 0 Å². The molecule has 0 saturated heterocycles. The molecule has 0 nitrogen and oxygen atoms in total. The van der Waals surface area contributed by atoms with Crippen LogP contribution in [0.25, 0.3) is 0 Å². The van der Waals surface area contributed by atoms with Crippen LogP contribution in [0.15, 0.2) is 146 Å². The standard InChI is InChI=1S/4C6H5.C6H4.2Sb/c5*1-2-4-6-5-3-1;;/h4*1-5H;1-4H;;. The molecule has 2 heteroatoms. The summed E-state index contributed by atoms with van der Waals surface area (Å²) in [4.78, 5) is 0. The number of hydrogen-bond donors (Lipinski definition) is 0. The zero-order valence-electron chi connectivity index (χ0n) is 17.8. The van der Waals surface area contributed by atoms with Crippen LogP contribution in [0.4, 0.5) is 0 Å². The summed E-state index contributed by atoms with van der Waals surface area (Å²) in [5, 5.41) is 0. The van der Waals surface area contributed by atoms with Gasteiger partial charge in [-0.3, -0.25) is 0 Å². The Kier molecular flexibility index (Phi) is 7.13. The van der Waals surface area contributed by atoms with Crippen molar-refractivity contribution in [1.29, 1.82) is 0 Å². The van der Waals surface area contributed by atoms with Crippen LogP contribution >= 0.6 is 0 Å². The van der Waals surface area contributed by atoms with E-state index in [-0.39, 0.29) is 0 Å². The fourth-order valence-electron chi connectivity index (χ4n) is 4.01. The Labute approximate surface area is 205 Å². The summed E-state index contributed by atoms with van der Waals surface area (Å²) in [6.45, 7) is 0. The van der Waals surface area contributed by atoms with Crippen LogP contribution in [-0.4, -0.2) is 40.4 Å². The van der Waals surface area contributed by atoms with Crippen LogP contribution in [0, 0.1) is 0 Å². The molecule has 32 heavy (non-hydrogen) atoms. The van der Waals surface area contributed by atoms with E-state index in [1.807, 2.05) is 0 Å². The van der Waals surface area contributed by atoms with E-state index in [0.29, 0.717) is 0 Å². The van der Waals surface area contributed by atoms with Gasteiger partial charge in [-0.2, -0.15) is 0 Å². The maximum absolute atomic E-state index is 2.43. The van der Waals surface area contributed by atoms with Crippen LogP contribution in [0.2, 0.25) is 0 Å². The molecule has 0 aliphatic rings. The van der Waals surface area contributed by atoms with Crippen LogP contribution in [-0.2, 0) is 0 Å². The molecule has 0 aliphatic carbocycles. The summed E-state index contributed by atoms with van der Waals surface area (Å²) >= 11 is -4.38. The van der Waals surface area contributed by atoms with Gasteiger partial charge in [0.15, 0.2) is 0 Å².